The van der Waals surface area contributed by atoms with Crippen LogP contribution in [0.1, 0.15) is 65.2 Å². The maximum atomic E-state index is 11.9. The van der Waals surface area contributed by atoms with Crippen molar-refractivity contribution in [3.8, 4) is 0 Å². The number of ketones is 1. The monoisotopic (exact) mass is 376 g/mol. The van der Waals surface area contributed by atoms with Crippen LogP contribution in [0.15, 0.2) is 11.6 Å². The highest BCUT2D eigenvalue weighted by Gasteiger charge is 2.62. The minimum Gasteiger partial charge on any atom is -0.481 e. The summed E-state index contributed by atoms with van der Waals surface area (Å²) >= 11 is 0. The predicted molar refractivity (Wildman–Crippen MR) is 99.8 cm³/mol. The molecule has 0 saturated heterocycles. The van der Waals surface area contributed by atoms with Crippen LogP contribution in [0.25, 0.3) is 0 Å². The number of aliphatic hydroxyl groups is 2. The van der Waals surface area contributed by atoms with Gasteiger partial charge < -0.3 is 15.3 Å². The average Bonchev–Trinajstić information content (AvgIpc) is 2.91. The van der Waals surface area contributed by atoms with E-state index in [0.717, 1.165) is 32.1 Å². The molecule has 150 valence electrons. The molecule has 0 spiro atoms. The van der Waals surface area contributed by atoms with Gasteiger partial charge >= 0.3 is 5.97 Å². The Labute approximate surface area is 160 Å². The molecule has 0 heterocycles. The van der Waals surface area contributed by atoms with E-state index in [2.05, 4.69) is 13.8 Å². The maximum absolute atomic E-state index is 11.9. The highest BCUT2D eigenvalue weighted by atomic mass is 16.4. The first-order valence-corrected chi connectivity index (χ1v) is 10.5. The fourth-order valence-corrected chi connectivity index (χ4v) is 7.68. The summed E-state index contributed by atoms with van der Waals surface area (Å²) < 4.78 is 0. The number of allylic oxidation sites excluding steroid dienone is 1. The van der Waals surface area contributed by atoms with Crippen molar-refractivity contribution in [2.75, 3.05) is 0 Å². The highest BCUT2D eigenvalue weighted by Crippen LogP contribution is 2.67. The zero-order chi connectivity index (χ0) is 19.6. The molecule has 5 heteroatoms. The number of rotatable bonds is 3. The second kappa shape index (κ2) is 6.41. The van der Waals surface area contributed by atoms with E-state index in [-0.39, 0.29) is 34.9 Å². The van der Waals surface area contributed by atoms with Gasteiger partial charge in [0.2, 0.25) is 0 Å². The quantitative estimate of drug-likeness (QED) is 0.704. The first kappa shape index (κ1) is 19.1. The number of hydrogen-bond donors (Lipinski definition) is 3. The molecule has 0 aliphatic heterocycles. The standard InChI is InChI=1S/C22H32O5/c1-21-8-7-13(23)9-12(21)3-4-14-15-5-6-16(17(24)10-19(26)27)22(15,2)11-18(25)20(14)21/h9,14-18,20,24-25H,3-8,10-11H2,1-2H3,(H,26,27). The van der Waals surface area contributed by atoms with Crippen molar-refractivity contribution in [3.05, 3.63) is 11.6 Å². The number of aliphatic carboxylic acids is 1. The molecular weight excluding hydrogens is 344 g/mol. The molecule has 0 aromatic carbocycles. The van der Waals surface area contributed by atoms with Crippen LogP contribution in [0.2, 0.25) is 0 Å². The Hall–Kier alpha value is -1.20. The Kier molecular flexibility index (Phi) is 4.54. The molecule has 27 heavy (non-hydrogen) atoms. The SMILES string of the molecule is CC12CCC(=O)C=C1CCC1C2C(O)CC2(C)C(C(O)CC(=O)O)CCC12. The predicted octanol–water partition coefficient (Wildman–Crippen LogP) is 2.94. The first-order valence-electron chi connectivity index (χ1n) is 10.5. The summed E-state index contributed by atoms with van der Waals surface area (Å²) in [6.45, 7) is 4.40. The first-order chi connectivity index (χ1) is 12.7. The number of carboxylic acid groups (broad SMARTS) is 1. The molecule has 0 radical (unpaired) electrons. The summed E-state index contributed by atoms with van der Waals surface area (Å²) in [6.07, 6.45) is 6.07. The number of aliphatic hydroxyl groups excluding tert-OH is 2. The number of fused-ring (bicyclic) bond motifs is 5. The van der Waals surface area contributed by atoms with Crippen molar-refractivity contribution in [1.29, 1.82) is 0 Å². The third kappa shape index (κ3) is 2.80. The molecule has 0 bridgehead atoms. The summed E-state index contributed by atoms with van der Waals surface area (Å²) in [5.74, 6) is 0.154. The Balaban J connectivity index is 1.64. The lowest BCUT2D eigenvalue weighted by atomic mass is 9.45. The molecule has 4 rings (SSSR count). The van der Waals surface area contributed by atoms with E-state index in [1.807, 2.05) is 6.08 Å². The third-order valence-corrected chi connectivity index (χ3v) is 8.81. The summed E-state index contributed by atoms with van der Waals surface area (Å²) in [7, 11) is 0. The smallest absolute Gasteiger partial charge is 0.305 e. The highest BCUT2D eigenvalue weighted by molar-refractivity contribution is 5.91. The molecule has 4 aliphatic carbocycles. The van der Waals surface area contributed by atoms with Crippen molar-refractivity contribution in [3.63, 3.8) is 0 Å². The van der Waals surface area contributed by atoms with Crippen molar-refractivity contribution in [2.45, 2.75) is 77.4 Å². The van der Waals surface area contributed by atoms with Crippen LogP contribution < -0.4 is 0 Å². The van der Waals surface area contributed by atoms with E-state index < -0.39 is 18.2 Å². The van der Waals surface area contributed by atoms with Crippen LogP contribution in [0.4, 0.5) is 0 Å². The van der Waals surface area contributed by atoms with E-state index >= 15 is 0 Å². The van der Waals surface area contributed by atoms with Crippen molar-refractivity contribution >= 4 is 11.8 Å². The topological polar surface area (TPSA) is 94.8 Å². The molecule has 0 amide bonds. The molecular formula is C22H32O5. The van der Waals surface area contributed by atoms with Gasteiger partial charge in [-0.2, -0.15) is 0 Å². The molecule has 8 unspecified atom stereocenters. The number of carboxylic acids is 1. The van der Waals surface area contributed by atoms with Crippen LogP contribution in [0.5, 0.6) is 0 Å². The summed E-state index contributed by atoms with van der Waals surface area (Å²) in [5.41, 5.74) is 0.912. The lowest BCUT2D eigenvalue weighted by molar-refractivity contribution is -0.149. The molecule has 3 N–H and O–H groups in total. The molecule has 3 saturated carbocycles. The van der Waals surface area contributed by atoms with E-state index in [1.165, 1.54) is 5.57 Å². The largest absolute Gasteiger partial charge is 0.481 e. The third-order valence-electron chi connectivity index (χ3n) is 8.81. The van der Waals surface area contributed by atoms with Crippen LogP contribution in [-0.4, -0.2) is 39.3 Å². The fourth-order valence-electron chi connectivity index (χ4n) is 7.68. The van der Waals surface area contributed by atoms with Crippen molar-refractivity contribution < 1.29 is 24.9 Å². The molecule has 3 fully saturated rings. The lowest BCUT2D eigenvalue weighted by Gasteiger charge is -2.60. The van der Waals surface area contributed by atoms with Gasteiger partial charge in [0.25, 0.3) is 0 Å². The fraction of sp³-hybridized carbons (Fsp3) is 0.818. The summed E-state index contributed by atoms with van der Waals surface area (Å²) in [5, 5.41) is 30.9. The van der Waals surface area contributed by atoms with E-state index in [1.54, 1.807) is 0 Å². The molecule has 0 aromatic heterocycles. The minimum absolute atomic E-state index is 0.0631. The van der Waals surface area contributed by atoms with Gasteiger partial charge in [-0.25, -0.2) is 0 Å². The number of carbonyl (C=O) groups excluding carboxylic acids is 1. The number of hydrogen-bond acceptors (Lipinski definition) is 4. The molecule has 0 aromatic rings. The van der Waals surface area contributed by atoms with Gasteiger partial charge in [0, 0.05) is 6.42 Å². The van der Waals surface area contributed by atoms with Gasteiger partial charge in [-0.1, -0.05) is 19.4 Å². The van der Waals surface area contributed by atoms with Crippen LogP contribution in [-0.2, 0) is 9.59 Å². The van der Waals surface area contributed by atoms with Crippen LogP contribution in [0.3, 0.4) is 0 Å². The van der Waals surface area contributed by atoms with E-state index in [4.69, 9.17) is 5.11 Å². The van der Waals surface area contributed by atoms with Gasteiger partial charge in [0.15, 0.2) is 5.78 Å². The minimum atomic E-state index is -0.962. The van der Waals surface area contributed by atoms with Gasteiger partial charge in [0.1, 0.15) is 0 Å². The van der Waals surface area contributed by atoms with Crippen LogP contribution in [0, 0.1) is 34.5 Å². The van der Waals surface area contributed by atoms with Crippen molar-refractivity contribution in [2.24, 2.45) is 34.5 Å². The van der Waals surface area contributed by atoms with Gasteiger partial charge in [0.05, 0.1) is 18.6 Å². The molecule has 4 aliphatic rings. The van der Waals surface area contributed by atoms with Crippen LogP contribution >= 0.6 is 0 Å². The zero-order valence-corrected chi connectivity index (χ0v) is 16.4. The Bertz CT molecular complexity index is 684. The maximum Gasteiger partial charge on any atom is 0.305 e. The second-order valence-corrected chi connectivity index (χ2v) is 10.0. The zero-order valence-electron chi connectivity index (χ0n) is 16.4. The van der Waals surface area contributed by atoms with E-state index in [9.17, 15) is 19.8 Å². The molecule has 8 atom stereocenters. The van der Waals surface area contributed by atoms with Crippen molar-refractivity contribution in [1.82, 2.24) is 0 Å². The summed E-state index contributed by atoms with van der Waals surface area (Å²) in [6, 6.07) is 0. The molecule has 5 nitrogen and oxygen atoms in total. The Morgan fingerprint density at radius 2 is 2.00 bits per heavy atom. The number of carbonyl (C=O) groups is 2. The lowest BCUT2D eigenvalue weighted by Crippen LogP contribution is -2.57. The Morgan fingerprint density at radius 3 is 2.70 bits per heavy atom. The van der Waals surface area contributed by atoms with Gasteiger partial charge in [-0.15, -0.1) is 0 Å². The van der Waals surface area contributed by atoms with Gasteiger partial charge in [-0.3, -0.25) is 9.59 Å². The van der Waals surface area contributed by atoms with Gasteiger partial charge in [-0.05, 0) is 79.1 Å². The average molecular weight is 376 g/mol. The summed E-state index contributed by atoms with van der Waals surface area (Å²) in [4.78, 5) is 23.0. The van der Waals surface area contributed by atoms with E-state index in [0.29, 0.717) is 24.7 Å². The Morgan fingerprint density at radius 1 is 1.26 bits per heavy atom. The normalized spacial score (nSPS) is 47.5. The second-order valence-electron chi connectivity index (χ2n) is 10.0.